The molecule has 1 heterocycles. The van der Waals surface area contributed by atoms with Gasteiger partial charge >= 0.3 is 0 Å². The first-order valence-electron chi connectivity index (χ1n) is 3.45. The highest BCUT2D eigenvalue weighted by atomic mass is 16.5. The van der Waals surface area contributed by atoms with Gasteiger partial charge in [0, 0.05) is 12.8 Å². The summed E-state index contributed by atoms with van der Waals surface area (Å²) in [6, 6.07) is 0. The average molecular weight is 131 g/mol. The van der Waals surface area contributed by atoms with E-state index in [1.54, 1.807) is 0 Å². The highest BCUT2D eigenvalue weighted by Gasteiger charge is 2.21. The Labute approximate surface area is 55.1 Å². The number of hydroxylamine groups is 3. The van der Waals surface area contributed by atoms with Crippen LogP contribution in [0.15, 0.2) is 0 Å². The zero-order valence-electron chi connectivity index (χ0n) is 5.55. The second-order valence-electron chi connectivity index (χ2n) is 2.66. The molecule has 3 heteroatoms. The fourth-order valence-corrected chi connectivity index (χ4v) is 1.32. The smallest absolute Gasteiger partial charge is 0.102 e. The Morgan fingerprint density at radius 3 is 2.33 bits per heavy atom. The molecule has 9 heavy (non-hydrogen) atoms. The van der Waals surface area contributed by atoms with Gasteiger partial charge in [0.15, 0.2) is 0 Å². The van der Waals surface area contributed by atoms with Crippen molar-refractivity contribution in [3.8, 4) is 0 Å². The van der Waals surface area contributed by atoms with E-state index >= 15 is 0 Å². The molecule has 3 nitrogen and oxygen atoms in total. The summed E-state index contributed by atoms with van der Waals surface area (Å²) in [6.07, 6.45) is 2.06. The third-order valence-corrected chi connectivity index (χ3v) is 1.89. The number of aliphatic hydroxyl groups is 1. The Balaban J connectivity index is 2.32. The maximum atomic E-state index is 11.3. The van der Waals surface area contributed by atoms with E-state index in [-0.39, 0.29) is 11.3 Å². The molecule has 0 saturated carbocycles. The van der Waals surface area contributed by atoms with Crippen LogP contribution < -0.4 is 0 Å². The Morgan fingerprint density at radius 2 is 1.89 bits per heavy atom. The zero-order valence-corrected chi connectivity index (χ0v) is 5.55. The van der Waals surface area contributed by atoms with Crippen molar-refractivity contribution in [2.45, 2.75) is 12.8 Å². The van der Waals surface area contributed by atoms with Gasteiger partial charge in [-0.2, -0.15) is 0 Å². The van der Waals surface area contributed by atoms with Crippen molar-refractivity contribution in [3.63, 3.8) is 0 Å². The Hall–Kier alpha value is -0.120. The first-order valence-corrected chi connectivity index (χ1v) is 3.45. The molecule has 1 aliphatic heterocycles. The summed E-state index contributed by atoms with van der Waals surface area (Å²) < 4.78 is -0.156. The third-order valence-electron chi connectivity index (χ3n) is 1.89. The molecule has 0 unspecified atom stereocenters. The third kappa shape index (κ3) is 1.64. The fourth-order valence-electron chi connectivity index (χ4n) is 1.32. The van der Waals surface area contributed by atoms with Gasteiger partial charge in [-0.25, -0.2) is 0 Å². The van der Waals surface area contributed by atoms with Crippen LogP contribution in [-0.4, -0.2) is 36.0 Å². The summed E-state index contributed by atoms with van der Waals surface area (Å²) in [7, 11) is 0. The molecule has 0 amide bonds. The Bertz CT molecular complexity index is 89.1. The molecular formula is C6H13NO2. The highest BCUT2D eigenvalue weighted by Crippen LogP contribution is 2.15. The lowest BCUT2D eigenvalue weighted by molar-refractivity contribution is -0.868. The first-order chi connectivity index (χ1) is 4.27. The minimum atomic E-state index is -0.156. The van der Waals surface area contributed by atoms with Gasteiger partial charge in [-0.3, -0.25) is 0 Å². The molecule has 0 radical (unpaired) electrons. The molecule has 1 saturated heterocycles. The molecule has 1 N–H and O–H groups in total. The van der Waals surface area contributed by atoms with Gasteiger partial charge < -0.3 is 15.0 Å². The van der Waals surface area contributed by atoms with Crippen LogP contribution in [-0.2, 0) is 0 Å². The number of rotatable bonds is 2. The lowest BCUT2D eigenvalue weighted by atomic mass is 10.4. The van der Waals surface area contributed by atoms with Crippen molar-refractivity contribution < 1.29 is 9.75 Å². The SMILES string of the molecule is [O-][N+]1(CCO)CCCC1. The quantitative estimate of drug-likeness (QED) is 0.426. The molecule has 0 spiro atoms. The topological polar surface area (TPSA) is 43.3 Å². The molecule has 54 valence electrons. The Morgan fingerprint density at radius 1 is 1.33 bits per heavy atom. The van der Waals surface area contributed by atoms with Crippen molar-refractivity contribution in [3.05, 3.63) is 5.21 Å². The molecule has 1 fully saturated rings. The van der Waals surface area contributed by atoms with E-state index in [9.17, 15) is 5.21 Å². The van der Waals surface area contributed by atoms with Crippen LogP contribution >= 0.6 is 0 Å². The van der Waals surface area contributed by atoms with E-state index in [1.807, 2.05) is 0 Å². The molecule has 1 rings (SSSR count). The summed E-state index contributed by atoms with van der Waals surface area (Å²) in [5.41, 5.74) is 0. The van der Waals surface area contributed by atoms with Crippen LogP contribution in [0.4, 0.5) is 0 Å². The fraction of sp³-hybridized carbons (Fsp3) is 1.00. The van der Waals surface area contributed by atoms with Gasteiger partial charge in [0.25, 0.3) is 0 Å². The van der Waals surface area contributed by atoms with Crippen LogP contribution in [0.25, 0.3) is 0 Å². The lowest BCUT2D eigenvalue weighted by Gasteiger charge is -2.37. The molecular weight excluding hydrogens is 118 g/mol. The summed E-state index contributed by atoms with van der Waals surface area (Å²) in [4.78, 5) is 0. The standard InChI is InChI=1S/C6H13NO2/c8-6-5-7(9)3-1-2-4-7/h8H,1-6H2. The summed E-state index contributed by atoms with van der Waals surface area (Å²) in [6.45, 7) is 1.84. The summed E-state index contributed by atoms with van der Waals surface area (Å²) in [5, 5.41) is 19.8. The van der Waals surface area contributed by atoms with Gasteiger partial charge in [-0.15, -0.1) is 0 Å². The van der Waals surface area contributed by atoms with E-state index in [1.165, 1.54) is 0 Å². The number of nitrogens with zero attached hydrogens (tertiary/aromatic N) is 1. The van der Waals surface area contributed by atoms with Crippen molar-refractivity contribution in [2.75, 3.05) is 26.2 Å². The minimum Gasteiger partial charge on any atom is -0.633 e. The molecule has 0 bridgehead atoms. The summed E-state index contributed by atoms with van der Waals surface area (Å²) >= 11 is 0. The second-order valence-corrected chi connectivity index (χ2v) is 2.66. The van der Waals surface area contributed by atoms with E-state index in [4.69, 9.17) is 5.11 Å². The van der Waals surface area contributed by atoms with Crippen LogP contribution in [0.1, 0.15) is 12.8 Å². The van der Waals surface area contributed by atoms with Crippen molar-refractivity contribution in [1.29, 1.82) is 0 Å². The zero-order chi connectivity index (χ0) is 6.74. The van der Waals surface area contributed by atoms with Gasteiger partial charge in [0.05, 0.1) is 19.7 Å². The van der Waals surface area contributed by atoms with E-state index in [0.29, 0.717) is 19.6 Å². The summed E-state index contributed by atoms with van der Waals surface area (Å²) in [5.74, 6) is 0. The van der Waals surface area contributed by atoms with Crippen molar-refractivity contribution >= 4 is 0 Å². The van der Waals surface area contributed by atoms with Gasteiger partial charge in [0.1, 0.15) is 6.54 Å². The van der Waals surface area contributed by atoms with E-state index in [0.717, 1.165) is 12.8 Å². The lowest BCUT2D eigenvalue weighted by Crippen LogP contribution is -2.40. The molecule has 0 aromatic heterocycles. The van der Waals surface area contributed by atoms with Crippen molar-refractivity contribution in [1.82, 2.24) is 0 Å². The number of likely N-dealkylation sites (tertiary alicyclic amines) is 1. The molecule has 1 aliphatic rings. The molecule has 0 atom stereocenters. The predicted octanol–water partition coefficient (Wildman–Crippen LogP) is 0.0871. The number of quaternary nitrogens is 1. The van der Waals surface area contributed by atoms with Gasteiger partial charge in [0.2, 0.25) is 0 Å². The average Bonchev–Trinajstić information content (AvgIpc) is 2.16. The minimum absolute atomic E-state index is 0.0312. The number of hydrogen-bond acceptors (Lipinski definition) is 2. The van der Waals surface area contributed by atoms with Crippen molar-refractivity contribution in [2.24, 2.45) is 0 Å². The van der Waals surface area contributed by atoms with Crippen LogP contribution in [0.3, 0.4) is 0 Å². The maximum absolute atomic E-state index is 11.3. The molecule has 0 aliphatic carbocycles. The van der Waals surface area contributed by atoms with Gasteiger partial charge in [-0.05, 0) is 0 Å². The van der Waals surface area contributed by atoms with Crippen LogP contribution in [0.5, 0.6) is 0 Å². The van der Waals surface area contributed by atoms with E-state index in [2.05, 4.69) is 0 Å². The molecule has 0 aromatic carbocycles. The predicted molar refractivity (Wildman–Crippen MR) is 34.5 cm³/mol. The van der Waals surface area contributed by atoms with Crippen LogP contribution in [0, 0.1) is 5.21 Å². The Kier molecular flexibility index (Phi) is 2.05. The largest absolute Gasteiger partial charge is 0.633 e. The molecule has 0 aromatic rings. The number of aliphatic hydroxyl groups excluding tert-OH is 1. The first kappa shape index (κ1) is 6.99. The normalized spacial score (nSPS) is 24.7. The van der Waals surface area contributed by atoms with E-state index < -0.39 is 0 Å². The highest BCUT2D eigenvalue weighted by molar-refractivity contribution is 4.53. The monoisotopic (exact) mass is 131 g/mol. The van der Waals surface area contributed by atoms with Crippen LogP contribution in [0.2, 0.25) is 0 Å². The van der Waals surface area contributed by atoms with Gasteiger partial charge in [-0.1, -0.05) is 0 Å². The number of hydrogen-bond donors (Lipinski definition) is 1. The second kappa shape index (κ2) is 2.64. The maximum Gasteiger partial charge on any atom is 0.102 e.